The fraction of sp³-hybridized carbons (Fsp3) is 0.321. The molecule has 2 atom stereocenters. The van der Waals surface area contributed by atoms with Crippen molar-refractivity contribution in [3.8, 4) is 5.75 Å². The number of hydrogen-bond donors (Lipinski definition) is 1. The van der Waals surface area contributed by atoms with E-state index in [2.05, 4.69) is 0 Å². The van der Waals surface area contributed by atoms with E-state index >= 15 is 0 Å². The van der Waals surface area contributed by atoms with Crippen LogP contribution < -0.4 is 9.64 Å². The molecule has 0 aliphatic carbocycles. The van der Waals surface area contributed by atoms with E-state index in [4.69, 9.17) is 27.9 Å². The van der Waals surface area contributed by atoms with Crippen molar-refractivity contribution >= 4 is 34.8 Å². The van der Waals surface area contributed by atoms with Gasteiger partial charge in [-0.1, -0.05) is 65.7 Å². The fourth-order valence-corrected chi connectivity index (χ4v) is 5.10. The van der Waals surface area contributed by atoms with Crippen LogP contribution in [-0.2, 0) is 16.8 Å². The first kappa shape index (κ1) is 30.0. The van der Waals surface area contributed by atoms with Crippen molar-refractivity contribution in [3.63, 3.8) is 0 Å². The molecule has 1 N–H and O–H groups in total. The Labute approximate surface area is 236 Å². The van der Waals surface area contributed by atoms with E-state index in [0.29, 0.717) is 22.7 Å². The molecule has 3 aromatic carbocycles. The van der Waals surface area contributed by atoms with Gasteiger partial charge in [-0.15, -0.1) is 0 Å². The number of halogens is 8. The molecule has 0 saturated carbocycles. The van der Waals surface area contributed by atoms with Crippen LogP contribution in [0.5, 0.6) is 5.75 Å². The van der Waals surface area contributed by atoms with Gasteiger partial charge in [0.2, 0.25) is 5.91 Å². The van der Waals surface area contributed by atoms with Crippen molar-refractivity contribution in [2.75, 3.05) is 11.4 Å². The highest BCUT2D eigenvalue weighted by Gasteiger charge is 2.71. The van der Waals surface area contributed by atoms with Gasteiger partial charge in [-0.3, -0.25) is 4.79 Å². The second-order valence-electron chi connectivity index (χ2n) is 9.48. The number of alkyl halides is 6. The third-order valence-corrected chi connectivity index (χ3v) is 7.38. The number of amides is 1. The molecular weight excluding hydrogens is 583 g/mol. The summed E-state index contributed by atoms with van der Waals surface area (Å²) in [5.41, 5.74) is -5.69. The number of ether oxygens (including phenoxy) is 1. The minimum absolute atomic E-state index is 0.0198. The summed E-state index contributed by atoms with van der Waals surface area (Å²) in [6.07, 6.45) is -12.7. The second-order valence-corrected chi connectivity index (χ2v) is 10.3. The standard InChI is InChI=1S/C28H23Cl2F6NO3/c1-16(17-5-3-2-4-6-17)25(38)37-15-21(40-24-12-9-20(29)14-22(24)30)10-7-18-13-19(8-11-23(18)37)26(39,27(31,32)33)28(34,35)36/h2-6,8-9,11-14,16,21,39H,7,10,15H2,1H3. The molecule has 1 amide bonds. The van der Waals surface area contributed by atoms with Gasteiger partial charge >= 0.3 is 12.4 Å². The largest absolute Gasteiger partial charge is 0.487 e. The van der Waals surface area contributed by atoms with Crippen molar-refractivity contribution in [2.45, 2.75) is 49.7 Å². The fourth-order valence-electron chi connectivity index (χ4n) is 4.65. The molecule has 0 fully saturated rings. The van der Waals surface area contributed by atoms with Gasteiger partial charge in [0.15, 0.2) is 0 Å². The molecule has 4 nitrogen and oxygen atoms in total. The van der Waals surface area contributed by atoms with E-state index < -0.39 is 41.4 Å². The van der Waals surface area contributed by atoms with E-state index in [1.165, 1.54) is 23.1 Å². The predicted molar refractivity (Wildman–Crippen MR) is 139 cm³/mol. The second kappa shape index (κ2) is 11.1. The van der Waals surface area contributed by atoms with E-state index in [1.54, 1.807) is 37.3 Å². The first-order valence-electron chi connectivity index (χ1n) is 12.1. The van der Waals surface area contributed by atoms with E-state index in [9.17, 15) is 36.2 Å². The highest BCUT2D eigenvalue weighted by molar-refractivity contribution is 6.35. The number of hydrogen-bond acceptors (Lipinski definition) is 3. The highest BCUT2D eigenvalue weighted by atomic mass is 35.5. The van der Waals surface area contributed by atoms with Crippen molar-refractivity contribution in [1.82, 2.24) is 0 Å². The minimum Gasteiger partial charge on any atom is -0.487 e. The molecule has 40 heavy (non-hydrogen) atoms. The van der Waals surface area contributed by atoms with Gasteiger partial charge < -0.3 is 14.7 Å². The number of carbonyl (C=O) groups excluding carboxylic acids is 1. The topological polar surface area (TPSA) is 49.8 Å². The van der Waals surface area contributed by atoms with Crippen molar-refractivity contribution in [2.24, 2.45) is 0 Å². The molecule has 0 saturated heterocycles. The number of nitrogens with zero attached hydrogens (tertiary/aromatic N) is 1. The normalized spacial score (nSPS) is 17.1. The zero-order chi connectivity index (χ0) is 29.5. The lowest BCUT2D eigenvalue weighted by molar-refractivity contribution is -0.376. The lowest BCUT2D eigenvalue weighted by atomic mass is 9.89. The van der Waals surface area contributed by atoms with Crippen molar-refractivity contribution < 1.29 is 41.0 Å². The Morgan fingerprint density at radius 1 is 0.975 bits per heavy atom. The van der Waals surface area contributed by atoms with Gasteiger partial charge in [0.1, 0.15) is 11.9 Å². The molecule has 0 spiro atoms. The number of benzene rings is 3. The van der Waals surface area contributed by atoms with Gasteiger partial charge in [0.05, 0.1) is 17.5 Å². The van der Waals surface area contributed by atoms with Crippen LogP contribution in [0.1, 0.15) is 36.0 Å². The average molecular weight is 606 g/mol. The Kier molecular flexibility index (Phi) is 8.36. The molecule has 3 aromatic rings. The molecule has 1 aliphatic rings. The van der Waals surface area contributed by atoms with Crippen LogP contribution in [0.3, 0.4) is 0 Å². The Morgan fingerprint density at radius 3 is 2.23 bits per heavy atom. The van der Waals surface area contributed by atoms with Crippen LogP contribution in [0.15, 0.2) is 66.7 Å². The van der Waals surface area contributed by atoms with Crippen LogP contribution in [-0.4, -0.2) is 36.0 Å². The van der Waals surface area contributed by atoms with E-state index in [0.717, 1.165) is 6.07 Å². The summed E-state index contributed by atoms with van der Waals surface area (Å²) in [4.78, 5) is 15.0. The molecule has 2 unspecified atom stereocenters. The van der Waals surface area contributed by atoms with Gasteiger partial charge in [-0.25, -0.2) is 0 Å². The zero-order valence-electron chi connectivity index (χ0n) is 20.9. The van der Waals surface area contributed by atoms with E-state index in [-0.39, 0.29) is 41.4 Å². The maximum atomic E-state index is 13.7. The Bertz CT molecular complexity index is 1370. The minimum atomic E-state index is -6.04. The molecule has 4 rings (SSSR count). The van der Waals surface area contributed by atoms with Gasteiger partial charge in [0.25, 0.3) is 5.60 Å². The third kappa shape index (κ3) is 5.75. The maximum Gasteiger partial charge on any atom is 0.430 e. The Hall–Kier alpha value is -2.95. The number of carbonyl (C=O) groups is 1. The molecule has 0 radical (unpaired) electrons. The molecule has 0 bridgehead atoms. The Morgan fingerprint density at radius 2 is 1.62 bits per heavy atom. The first-order chi connectivity index (χ1) is 18.6. The molecular formula is C28H23Cl2F6NO3. The molecule has 12 heteroatoms. The smallest absolute Gasteiger partial charge is 0.430 e. The molecule has 1 heterocycles. The molecule has 0 aromatic heterocycles. The van der Waals surface area contributed by atoms with Crippen LogP contribution in [0, 0.1) is 0 Å². The summed E-state index contributed by atoms with van der Waals surface area (Å²) in [7, 11) is 0. The van der Waals surface area contributed by atoms with Crippen LogP contribution >= 0.6 is 23.2 Å². The average Bonchev–Trinajstić information content (AvgIpc) is 3.07. The number of rotatable bonds is 5. The van der Waals surface area contributed by atoms with Gasteiger partial charge in [-0.2, -0.15) is 26.3 Å². The third-order valence-electron chi connectivity index (χ3n) is 6.85. The van der Waals surface area contributed by atoms with Gasteiger partial charge in [-0.05, 0) is 55.2 Å². The number of aryl methyl sites for hydroxylation is 1. The van der Waals surface area contributed by atoms with Crippen LogP contribution in [0.25, 0.3) is 0 Å². The number of aliphatic hydroxyl groups is 1. The van der Waals surface area contributed by atoms with Crippen molar-refractivity contribution in [3.05, 3.63) is 93.5 Å². The monoisotopic (exact) mass is 605 g/mol. The maximum absolute atomic E-state index is 13.7. The Balaban J connectivity index is 1.78. The summed E-state index contributed by atoms with van der Waals surface area (Å²) in [5, 5.41) is 10.5. The molecule has 214 valence electrons. The van der Waals surface area contributed by atoms with Gasteiger partial charge in [0, 0.05) is 16.3 Å². The lowest BCUT2D eigenvalue weighted by Gasteiger charge is -2.34. The quantitative estimate of drug-likeness (QED) is 0.301. The SMILES string of the molecule is CC(C(=O)N1CC(Oc2ccc(Cl)cc2Cl)CCc2cc(C(O)(C(F)(F)F)C(F)(F)F)ccc21)c1ccccc1. The summed E-state index contributed by atoms with van der Waals surface area (Å²) >= 11 is 12.2. The molecule has 1 aliphatic heterocycles. The van der Waals surface area contributed by atoms with Crippen LogP contribution in [0.4, 0.5) is 32.0 Å². The lowest BCUT2D eigenvalue weighted by Crippen LogP contribution is -2.54. The first-order valence-corrected chi connectivity index (χ1v) is 12.9. The highest BCUT2D eigenvalue weighted by Crippen LogP contribution is 2.51. The van der Waals surface area contributed by atoms with E-state index in [1.807, 2.05) is 0 Å². The summed E-state index contributed by atoms with van der Waals surface area (Å²) in [5.74, 6) is -0.900. The predicted octanol–water partition coefficient (Wildman–Crippen LogP) is 7.84. The number of anilines is 1. The number of fused-ring (bicyclic) bond motifs is 1. The summed E-state index contributed by atoms with van der Waals surface area (Å²) in [6, 6.07) is 15.4. The van der Waals surface area contributed by atoms with Crippen LogP contribution in [0.2, 0.25) is 10.0 Å². The zero-order valence-corrected chi connectivity index (χ0v) is 22.4. The summed E-state index contributed by atoms with van der Waals surface area (Å²) in [6.45, 7) is 1.58. The summed E-state index contributed by atoms with van der Waals surface area (Å²) < 4.78 is 87.6. The van der Waals surface area contributed by atoms with Crippen molar-refractivity contribution in [1.29, 1.82) is 0 Å².